The topological polar surface area (TPSA) is 69.2 Å². The van der Waals surface area contributed by atoms with Crippen LogP contribution in [0, 0.1) is 0 Å². The number of halogens is 1. The number of ether oxygens (including phenoxy) is 2. The van der Waals surface area contributed by atoms with E-state index in [0.29, 0.717) is 24.1 Å². The fourth-order valence-electron chi connectivity index (χ4n) is 2.76. The molecule has 1 fully saturated rings. The van der Waals surface area contributed by atoms with Crippen molar-refractivity contribution in [2.24, 2.45) is 0 Å². The van der Waals surface area contributed by atoms with Gasteiger partial charge < -0.3 is 14.8 Å². The summed E-state index contributed by atoms with van der Waals surface area (Å²) in [6.45, 7) is 1.98. The highest BCUT2D eigenvalue weighted by molar-refractivity contribution is 6.31. The number of aromatic nitrogens is 3. The molecule has 3 heterocycles. The van der Waals surface area contributed by atoms with E-state index < -0.39 is 0 Å². The third kappa shape index (κ3) is 3.81. The van der Waals surface area contributed by atoms with Crippen LogP contribution in [0.4, 0.5) is 5.82 Å². The molecule has 0 aliphatic carbocycles. The van der Waals surface area contributed by atoms with Crippen molar-refractivity contribution < 1.29 is 9.47 Å². The Balaban J connectivity index is 1.48. The summed E-state index contributed by atoms with van der Waals surface area (Å²) < 4.78 is 11.2. The lowest BCUT2D eigenvalue weighted by Crippen LogP contribution is -2.16. The van der Waals surface area contributed by atoms with Gasteiger partial charge in [-0.25, -0.2) is 15.0 Å². The van der Waals surface area contributed by atoms with Crippen LogP contribution in [0.25, 0.3) is 10.9 Å². The van der Waals surface area contributed by atoms with E-state index in [0.717, 1.165) is 35.3 Å². The third-order valence-corrected chi connectivity index (χ3v) is 4.27. The molecule has 4 rings (SSSR count). The van der Waals surface area contributed by atoms with Crippen LogP contribution in [0.1, 0.15) is 12.0 Å². The second kappa shape index (κ2) is 7.21. The number of benzene rings is 1. The minimum atomic E-state index is 0.0891. The zero-order valence-electron chi connectivity index (χ0n) is 13.5. The van der Waals surface area contributed by atoms with Gasteiger partial charge in [0.2, 0.25) is 5.88 Å². The normalized spacial score (nSPS) is 16.9. The van der Waals surface area contributed by atoms with Crippen LogP contribution >= 0.6 is 11.6 Å². The van der Waals surface area contributed by atoms with Crippen molar-refractivity contribution in [1.29, 1.82) is 0 Å². The van der Waals surface area contributed by atoms with Crippen molar-refractivity contribution in [2.75, 3.05) is 18.5 Å². The number of hydrogen-bond donors (Lipinski definition) is 1. The highest BCUT2D eigenvalue weighted by Gasteiger charge is 2.17. The van der Waals surface area contributed by atoms with Gasteiger partial charge in [-0.3, -0.25) is 0 Å². The van der Waals surface area contributed by atoms with Crippen LogP contribution in [0.2, 0.25) is 5.02 Å². The van der Waals surface area contributed by atoms with Crippen LogP contribution in [-0.2, 0) is 11.3 Å². The van der Waals surface area contributed by atoms with Gasteiger partial charge in [0.15, 0.2) is 0 Å². The summed E-state index contributed by atoms with van der Waals surface area (Å²) in [5.41, 5.74) is 1.87. The highest BCUT2D eigenvalue weighted by atomic mass is 35.5. The first-order chi connectivity index (χ1) is 12.3. The average Bonchev–Trinajstić information content (AvgIpc) is 3.13. The number of fused-ring (bicyclic) bond motifs is 1. The Morgan fingerprint density at radius 1 is 1.20 bits per heavy atom. The summed E-state index contributed by atoms with van der Waals surface area (Å²) in [6.07, 6.45) is 4.27. The molecule has 1 aromatic carbocycles. The molecule has 0 spiro atoms. The van der Waals surface area contributed by atoms with Gasteiger partial charge >= 0.3 is 0 Å². The molecule has 0 amide bonds. The molecule has 1 unspecified atom stereocenters. The molecule has 1 N–H and O–H groups in total. The molecule has 2 aromatic heterocycles. The van der Waals surface area contributed by atoms with E-state index >= 15 is 0 Å². The Morgan fingerprint density at radius 3 is 3.04 bits per heavy atom. The fraction of sp³-hybridized carbons (Fsp3) is 0.278. The summed E-state index contributed by atoms with van der Waals surface area (Å²) in [5.74, 6) is 1.39. The SMILES string of the molecule is Clc1ccc2c(NCc3ccnc(OC4CCOC4)c3)ncnc2c1. The molecular formula is C18H17ClN4O2. The van der Waals surface area contributed by atoms with E-state index in [9.17, 15) is 0 Å². The molecule has 6 nitrogen and oxygen atoms in total. The summed E-state index contributed by atoms with van der Waals surface area (Å²) in [4.78, 5) is 12.9. The van der Waals surface area contributed by atoms with Gasteiger partial charge in [-0.15, -0.1) is 0 Å². The molecule has 1 atom stereocenters. The first kappa shape index (κ1) is 16.1. The maximum Gasteiger partial charge on any atom is 0.213 e. The fourth-order valence-corrected chi connectivity index (χ4v) is 2.92. The van der Waals surface area contributed by atoms with Crippen molar-refractivity contribution >= 4 is 28.3 Å². The smallest absolute Gasteiger partial charge is 0.213 e. The van der Waals surface area contributed by atoms with E-state index in [4.69, 9.17) is 21.1 Å². The van der Waals surface area contributed by atoms with E-state index in [-0.39, 0.29) is 6.10 Å². The Labute approximate surface area is 150 Å². The van der Waals surface area contributed by atoms with Crippen LogP contribution in [0.5, 0.6) is 5.88 Å². The lowest BCUT2D eigenvalue weighted by Gasteiger charge is -2.12. The average molecular weight is 357 g/mol. The van der Waals surface area contributed by atoms with Crippen molar-refractivity contribution in [3.05, 3.63) is 53.4 Å². The number of hydrogen-bond acceptors (Lipinski definition) is 6. The van der Waals surface area contributed by atoms with Crippen molar-refractivity contribution in [2.45, 2.75) is 19.1 Å². The summed E-state index contributed by atoms with van der Waals surface area (Å²) in [5, 5.41) is 4.93. The molecule has 128 valence electrons. The zero-order valence-corrected chi connectivity index (χ0v) is 14.2. The monoisotopic (exact) mass is 356 g/mol. The van der Waals surface area contributed by atoms with Gasteiger partial charge in [-0.2, -0.15) is 0 Å². The highest BCUT2D eigenvalue weighted by Crippen LogP contribution is 2.23. The van der Waals surface area contributed by atoms with Crippen LogP contribution < -0.4 is 10.1 Å². The molecule has 0 saturated carbocycles. The minimum Gasteiger partial charge on any atom is -0.472 e. The number of nitrogens with one attached hydrogen (secondary N) is 1. The van der Waals surface area contributed by atoms with Gasteiger partial charge in [0.1, 0.15) is 18.2 Å². The zero-order chi connectivity index (χ0) is 17.1. The van der Waals surface area contributed by atoms with E-state index in [2.05, 4.69) is 20.3 Å². The predicted octanol–water partition coefficient (Wildman–Crippen LogP) is 3.46. The van der Waals surface area contributed by atoms with Crippen LogP contribution in [0.15, 0.2) is 42.9 Å². The summed E-state index contributed by atoms with van der Waals surface area (Å²) >= 11 is 6.02. The second-order valence-electron chi connectivity index (χ2n) is 5.84. The number of anilines is 1. The quantitative estimate of drug-likeness (QED) is 0.755. The second-order valence-corrected chi connectivity index (χ2v) is 6.28. The van der Waals surface area contributed by atoms with Gasteiger partial charge in [-0.05, 0) is 29.8 Å². The predicted molar refractivity (Wildman–Crippen MR) is 96.0 cm³/mol. The molecule has 0 bridgehead atoms. The lowest BCUT2D eigenvalue weighted by molar-refractivity contribution is 0.138. The van der Waals surface area contributed by atoms with Gasteiger partial charge in [0, 0.05) is 35.6 Å². The third-order valence-electron chi connectivity index (χ3n) is 4.03. The molecule has 1 saturated heterocycles. The van der Waals surface area contributed by atoms with Crippen molar-refractivity contribution in [3.63, 3.8) is 0 Å². The van der Waals surface area contributed by atoms with E-state index in [1.807, 2.05) is 30.3 Å². The molecule has 25 heavy (non-hydrogen) atoms. The molecular weight excluding hydrogens is 340 g/mol. The molecule has 3 aromatic rings. The number of rotatable bonds is 5. The van der Waals surface area contributed by atoms with E-state index in [1.165, 1.54) is 6.33 Å². The Kier molecular flexibility index (Phi) is 4.63. The van der Waals surface area contributed by atoms with Gasteiger partial charge in [-0.1, -0.05) is 11.6 Å². The number of nitrogens with zero attached hydrogens (tertiary/aromatic N) is 3. The molecule has 7 heteroatoms. The van der Waals surface area contributed by atoms with E-state index in [1.54, 1.807) is 6.20 Å². The summed E-state index contributed by atoms with van der Waals surface area (Å²) in [7, 11) is 0. The number of pyridine rings is 1. The minimum absolute atomic E-state index is 0.0891. The maximum atomic E-state index is 6.02. The molecule has 1 aliphatic heterocycles. The lowest BCUT2D eigenvalue weighted by atomic mass is 10.2. The maximum absolute atomic E-state index is 6.02. The molecule has 0 radical (unpaired) electrons. The largest absolute Gasteiger partial charge is 0.472 e. The van der Waals surface area contributed by atoms with Crippen LogP contribution in [0.3, 0.4) is 0 Å². The Hall–Kier alpha value is -2.44. The van der Waals surface area contributed by atoms with Crippen molar-refractivity contribution in [3.8, 4) is 5.88 Å². The first-order valence-corrected chi connectivity index (χ1v) is 8.49. The van der Waals surface area contributed by atoms with Crippen LogP contribution in [-0.4, -0.2) is 34.3 Å². The molecule has 1 aliphatic rings. The van der Waals surface area contributed by atoms with Gasteiger partial charge in [0.25, 0.3) is 0 Å². The Morgan fingerprint density at radius 2 is 2.16 bits per heavy atom. The first-order valence-electron chi connectivity index (χ1n) is 8.11. The standard InChI is InChI=1S/C18H17ClN4O2/c19-13-1-2-15-16(8-13)22-11-23-18(15)21-9-12-3-5-20-17(7-12)25-14-4-6-24-10-14/h1-3,5,7-8,11,14H,4,6,9-10H2,(H,21,22,23). The van der Waals surface area contributed by atoms with Crippen molar-refractivity contribution in [1.82, 2.24) is 15.0 Å². The summed E-state index contributed by atoms with van der Waals surface area (Å²) in [6, 6.07) is 9.46. The Bertz CT molecular complexity index is 884. The van der Waals surface area contributed by atoms with Gasteiger partial charge in [0.05, 0.1) is 18.7 Å².